The first-order chi connectivity index (χ1) is 44.0. The summed E-state index contributed by atoms with van der Waals surface area (Å²) in [5, 5.41) is 80.4. The molecule has 0 unspecified atom stereocenters. The molecule has 0 radical (unpaired) electrons. The summed E-state index contributed by atoms with van der Waals surface area (Å²) in [4.78, 5) is 178. The van der Waals surface area contributed by atoms with Gasteiger partial charge in [0.1, 0.15) is 65.9 Å². The van der Waals surface area contributed by atoms with Gasteiger partial charge in [-0.15, -0.1) is 0 Å². The van der Waals surface area contributed by atoms with Gasteiger partial charge in [0.2, 0.25) is 59.1 Å². The Morgan fingerprint density at radius 3 is 1.47 bits per heavy atom. The molecule has 3 aromatic carbocycles. The molecule has 4 rings (SSSR count). The summed E-state index contributed by atoms with van der Waals surface area (Å²) in [5.41, 5.74) is 17.9. The maximum Gasteiger partial charge on any atom is 0.326 e. The van der Waals surface area contributed by atoms with Crippen LogP contribution >= 0.6 is 25.3 Å². The van der Waals surface area contributed by atoms with E-state index in [2.05, 4.69) is 78.1 Å². The second-order valence-electron chi connectivity index (χ2n) is 21.5. The van der Waals surface area contributed by atoms with Crippen molar-refractivity contribution in [2.45, 2.75) is 131 Å². The van der Waals surface area contributed by atoms with Gasteiger partial charge in [-0.3, -0.25) is 62.5 Å². The van der Waals surface area contributed by atoms with Crippen LogP contribution in [0.15, 0.2) is 83.9 Å². The van der Waals surface area contributed by atoms with Gasteiger partial charge in [0.15, 0.2) is 5.96 Å². The van der Waals surface area contributed by atoms with Crippen molar-refractivity contribution in [3.8, 4) is 11.5 Å². The molecule has 10 amide bonds. The van der Waals surface area contributed by atoms with Crippen LogP contribution in [0.1, 0.15) is 62.1 Å². The number of hydrogen-bond acceptors (Lipinski definition) is 20. The molecule has 35 heteroatoms. The van der Waals surface area contributed by atoms with Crippen molar-refractivity contribution in [2.24, 2.45) is 22.2 Å². The molecule has 93 heavy (non-hydrogen) atoms. The van der Waals surface area contributed by atoms with Crippen molar-refractivity contribution < 1.29 is 93.0 Å². The number of benzene rings is 3. The number of nitrogens with zero attached hydrogens (tertiary/aromatic N) is 2. The zero-order chi connectivity index (χ0) is 69.1. The number of carbonyl (C=O) groups is 13. The van der Waals surface area contributed by atoms with E-state index in [1.807, 2.05) is 0 Å². The highest BCUT2D eigenvalue weighted by molar-refractivity contribution is 7.80. The second-order valence-corrected chi connectivity index (χ2v) is 22.2. The number of carbonyl (C=O) groups excluding carboxylic acids is 10. The molecule has 0 spiro atoms. The van der Waals surface area contributed by atoms with E-state index < -0.39 is 181 Å². The van der Waals surface area contributed by atoms with Crippen LogP contribution in [0.2, 0.25) is 0 Å². The van der Waals surface area contributed by atoms with Crippen molar-refractivity contribution in [3.63, 3.8) is 0 Å². The van der Waals surface area contributed by atoms with Crippen LogP contribution in [0.5, 0.6) is 11.5 Å². The fourth-order valence-electron chi connectivity index (χ4n) is 9.33. The number of aromatic hydroxyl groups is 2. The Morgan fingerprint density at radius 1 is 0.570 bits per heavy atom. The summed E-state index contributed by atoms with van der Waals surface area (Å²) in [6, 6.07) is 2.85. The molecule has 506 valence electrons. The maximum absolute atomic E-state index is 14.5. The minimum absolute atomic E-state index is 0.141. The number of aliphatic hydroxyl groups excluding tert-OH is 1. The largest absolute Gasteiger partial charge is 0.508 e. The third-order valence-corrected chi connectivity index (χ3v) is 14.9. The number of aliphatic carboxylic acids is 3. The predicted octanol–water partition coefficient (Wildman–Crippen LogP) is -5.23. The van der Waals surface area contributed by atoms with Gasteiger partial charge in [0.25, 0.3) is 0 Å². The molecule has 1 fully saturated rings. The number of nitrogens with one attached hydrogen (secondary N) is 9. The lowest BCUT2D eigenvalue weighted by Crippen LogP contribution is -2.61. The fourth-order valence-corrected chi connectivity index (χ4v) is 9.84. The Hall–Kier alpha value is -9.74. The number of amides is 10. The summed E-state index contributed by atoms with van der Waals surface area (Å²) >= 11 is 8.33. The number of guanidine groups is 1. The van der Waals surface area contributed by atoms with Gasteiger partial charge in [-0.25, -0.2) is 4.79 Å². The summed E-state index contributed by atoms with van der Waals surface area (Å²) in [7, 11) is 0. The second kappa shape index (κ2) is 37.6. The maximum atomic E-state index is 14.5. The normalized spacial score (nSPS) is 15.8. The molecule has 1 aliphatic heterocycles. The average molecular weight is 1340 g/mol. The van der Waals surface area contributed by atoms with E-state index in [4.69, 9.17) is 17.2 Å². The highest BCUT2D eigenvalue weighted by atomic mass is 32.1. The number of hydrogen-bond donors (Lipinski definition) is 20. The van der Waals surface area contributed by atoms with Gasteiger partial charge in [-0.1, -0.05) is 54.6 Å². The molecule has 0 bridgehead atoms. The van der Waals surface area contributed by atoms with Crippen LogP contribution in [0.25, 0.3) is 0 Å². The molecule has 33 nitrogen and oxygen atoms in total. The first-order valence-corrected chi connectivity index (χ1v) is 30.2. The molecule has 0 aliphatic carbocycles. The van der Waals surface area contributed by atoms with E-state index in [9.17, 15) is 93.0 Å². The Bertz CT molecular complexity index is 3160. The number of likely N-dealkylation sites (tertiary alicyclic amines) is 1. The average Bonchev–Trinajstić information content (AvgIpc) is 1.84. The van der Waals surface area contributed by atoms with Crippen LogP contribution in [0, 0.1) is 0 Å². The number of rotatable bonds is 37. The molecule has 11 atom stereocenters. The monoisotopic (exact) mass is 1340 g/mol. The summed E-state index contributed by atoms with van der Waals surface area (Å²) < 4.78 is 0. The van der Waals surface area contributed by atoms with Crippen molar-refractivity contribution in [3.05, 3.63) is 95.6 Å². The number of thiol groups is 2. The van der Waals surface area contributed by atoms with E-state index in [-0.39, 0.29) is 56.2 Å². The molecule has 21 N–H and O–H groups in total. The van der Waals surface area contributed by atoms with E-state index in [0.29, 0.717) is 29.5 Å². The number of carboxylic acid groups (broad SMARTS) is 3. The Labute approximate surface area is 543 Å². The number of nitrogens with two attached hydrogens (primary N) is 3. The highest BCUT2D eigenvalue weighted by Gasteiger charge is 2.39. The summed E-state index contributed by atoms with van der Waals surface area (Å²) in [5.74, 6) is -16.4. The highest BCUT2D eigenvalue weighted by Crippen LogP contribution is 2.20. The third-order valence-electron chi connectivity index (χ3n) is 14.2. The SMILES string of the molecule is C[C@@H](O)[C@H](NC(=O)CNC(=O)[C@H](Cc1ccc(O)cc1)NC(=O)[C@H](Cc1ccc(O)cc1)NC(=O)[C@H](CC(=O)O)NC(=O)[C@H](CS)NC(=O)[C@@H]1CCCN1C(=O)[C@@H](N)CCCN=C(N)N)C(=O)N[C@@H](CS)C(=O)N[C@@H](Cc1ccccc1)C(=O)N[C@@H](CC(=O)O)C(=O)O. The van der Waals surface area contributed by atoms with Gasteiger partial charge in [-0.05, 0) is 73.6 Å². The molecule has 0 aromatic heterocycles. The Kier molecular flexibility index (Phi) is 30.6. The predicted molar refractivity (Wildman–Crippen MR) is 336 cm³/mol. The van der Waals surface area contributed by atoms with E-state index in [0.717, 1.165) is 6.92 Å². The quantitative estimate of drug-likeness (QED) is 0.0111. The number of phenolic OH excluding ortho intramolecular Hbond substituents is 2. The minimum Gasteiger partial charge on any atom is -0.508 e. The van der Waals surface area contributed by atoms with Crippen LogP contribution in [-0.2, 0) is 81.6 Å². The number of phenols is 2. The van der Waals surface area contributed by atoms with Gasteiger partial charge in [0.05, 0.1) is 31.5 Å². The standard InChI is InChI=1S/C58H78N14O19S2/c1-29(73)47(55(88)70-42(28-93)53(86)66-37(21-30-7-3-2-4-8-30)50(83)68-40(57(90)91)25-46(79)80)71-44(76)26-63-48(81)36(22-31-11-15-33(74)16-12-31)64-49(82)38(23-32-13-17-34(75)18-14-32)65-51(84)39(24-45(77)78)67-52(85)41(27-92)69-54(87)43-10-6-20-72(43)56(89)35(59)9-5-19-62-58(60)61/h2-4,7-8,11-18,29,35-43,47,73-75,92-93H,5-6,9-10,19-28,59H2,1H3,(H,63,81)(H,64,82)(H,65,84)(H,66,86)(H,67,85)(H,68,83)(H,69,87)(H,70,88)(H,71,76)(H,77,78)(H,79,80)(H,90,91)(H4,60,61,62)/t29-,35+,36+,37+,38+,39+,40+,41+,42+,43+,47+/m1/s1. The zero-order valence-corrected chi connectivity index (χ0v) is 52.1. The molecular weight excluding hydrogens is 1260 g/mol. The Morgan fingerprint density at radius 2 is 1.00 bits per heavy atom. The zero-order valence-electron chi connectivity index (χ0n) is 50.3. The first-order valence-electron chi connectivity index (χ1n) is 29.0. The topological polar surface area (TPSA) is 545 Å². The van der Waals surface area contributed by atoms with E-state index >= 15 is 0 Å². The first kappa shape index (κ1) is 75.7. The lowest BCUT2D eigenvalue weighted by atomic mass is 10.0. The summed E-state index contributed by atoms with van der Waals surface area (Å²) in [6.45, 7) is 0.520. The van der Waals surface area contributed by atoms with Crippen molar-refractivity contribution >= 4 is 108 Å². The van der Waals surface area contributed by atoms with Gasteiger partial charge in [0, 0.05) is 43.9 Å². The van der Waals surface area contributed by atoms with Gasteiger partial charge in [-0.2, -0.15) is 25.3 Å². The Balaban J connectivity index is 1.51. The van der Waals surface area contributed by atoms with Crippen molar-refractivity contribution in [2.75, 3.05) is 31.1 Å². The van der Waals surface area contributed by atoms with Crippen LogP contribution in [-0.4, -0.2) is 216 Å². The number of aliphatic imine (C=N–C) groups is 1. The van der Waals surface area contributed by atoms with E-state index in [1.165, 1.54) is 53.4 Å². The van der Waals surface area contributed by atoms with Gasteiger partial charge < -0.3 is 101 Å². The van der Waals surface area contributed by atoms with Crippen LogP contribution in [0.4, 0.5) is 0 Å². The lowest BCUT2D eigenvalue weighted by molar-refractivity contribution is -0.147. The van der Waals surface area contributed by atoms with E-state index in [1.54, 1.807) is 30.3 Å². The smallest absolute Gasteiger partial charge is 0.326 e. The van der Waals surface area contributed by atoms with Crippen LogP contribution in [0.3, 0.4) is 0 Å². The molecule has 1 saturated heterocycles. The molecule has 3 aromatic rings. The van der Waals surface area contributed by atoms with Gasteiger partial charge >= 0.3 is 17.9 Å². The minimum atomic E-state index is -1.95. The molecule has 0 saturated carbocycles. The third kappa shape index (κ3) is 25.5. The van der Waals surface area contributed by atoms with Crippen LogP contribution < -0.4 is 65.1 Å². The fraction of sp³-hybridized carbons (Fsp3) is 0.448. The summed E-state index contributed by atoms with van der Waals surface area (Å²) in [6.07, 6.45) is -3.64. The van der Waals surface area contributed by atoms with Crippen molar-refractivity contribution in [1.29, 1.82) is 0 Å². The molecule has 1 heterocycles. The number of aliphatic hydroxyl groups is 1. The molecule has 1 aliphatic rings. The molecular formula is C58H78N14O19S2. The number of carboxylic acids is 3. The van der Waals surface area contributed by atoms with Crippen molar-refractivity contribution in [1.82, 2.24) is 52.8 Å². The lowest BCUT2D eigenvalue weighted by Gasteiger charge is -2.28.